The van der Waals surface area contributed by atoms with Crippen LogP contribution in [0.4, 0.5) is 13.2 Å². The topological polar surface area (TPSA) is 34.9 Å². The molecular weight excluding hydrogens is 269 g/mol. The molecule has 1 aliphatic rings. The monoisotopic (exact) mass is 288 g/mol. The minimum absolute atomic E-state index is 0.0574. The lowest BCUT2D eigenvalue weighted by molar-refractivity contribution is -0.183. The Bertz CT molecular complexity index is 459. The number of hydrogen-bond donors (Lipinski definition) is 0. The number of aromatic nitrogens is 2. The van der Waals surface area contributed by atoms with Crippen molar-refractivity contribution in [2.45, 2.75) is 51.7 Å². The van der Waals surface area contributed by atoms with Crippen molar-refractivity contribution < 1.29 is 18.0 Å². The Kier molecular flexibility index (Phi) is 4.50. The maximum absolute atomic E-state index is 12.6. The van der Waals surface area contributed by atoms with Crippen LogP contribution in [0.25, 0.3) is 0 Å². The first-order valence-electron chi connectivity index (χ1n) is 7.06. The second kappa shape index (κ2) is 5.97. The van der Waals surface area contributed by atoms with E-state index < -0.39 is 12.1 Å². The van der Waals surface area contributed by atoms with Crippen molar-refractivity contribution >= 4 is 5.78 Å². The Balaban J connectivity index is 2.00. The number of hydrogen-bond acceptors (Lipinski definition) is 2. The van der Waals surface area contributed by atoms with Gasteiger partial charge >= 0.3 is 6.18 Å². The van der Waals surface area contributed by atoms with E-state index in [1.54, 1.807) is 16.9 Å². The van der Waals surface area contributed by atoms with Gasteiger partial charge in [-0.15, -0.1) is 0 Å². The van der Waals surface area contributed by atoms with E-state index in [1.807, 2.05) is 6.92 Å². The molecule has 6 heteroatoms. The highest BCUT2D eigenvalue weighted by atomic mass is 19.4. The Morgan fingerprint density at radius 3 is 2.55 bits per heavy atom. The maximum Gasteiger partial charge on any atom is 0.391 e. The normalized spacial score (nSPS) is 23.8. The van der Waals surface area contributed by atoms with Crippen molar-refractivity contribution in [1.29, 1.82) is 0 Å². The predicted octanol–water partition coefficient (Wildman–Crippen LogP) is 3.84. The van der Waals surface area contributed by atoms with Crippen LogP contribution in [0.1, 0.15) is 49.5 Å². The lowest BCUT2D eigenvalue weighted by atomic mass is 9.79. The second-order valence-corrected chi connectivity index (χ2v) is 5.39. The third kappa shape index (κ3) is 3.22. The molecule has 0 radical (unpaired) electrons. The molecule has 1 aliphatic carbocycles. The molecule has 112 valence electrons. The summed E-state index contributed by atoms with van der Waals surface area (Å²) in [6.45, 7) is 2.65. The molecule has 0 bridgehead atoms. The van der Waals surface area contributed by atoms with Crippen molar-refractivity contribution in [3.63, 3.8) is 0 Å². The van der Waals surface area contributed by atoms with E-state index in [4.69, 9.17) is 0 Å². The highest BCUT2D eigenvalue weighted by molar-refractivity contribution is 5.96. The molecule has 0 spiro atoms. The molecule has 0 N–H and O–H groups in total. The summed E-state index contributed by atoms with van der Waals surface area (Å²) in [5, 5.41) is 4.09. The molecule has 0 unspecified atom stereocenters. The van der Waals surface area contributed by atoms with Crippen LogP contribution < -0.4 is 0 Å². The van der Waals surface area contributed by atoms with Crippen LogP contribution in [-0.4, -0.2) is 21.7 Å². The quantitative estimate of drug-likeness (QED) is 0.789. The molecule has 3 nitrogen and oxygen atoms in total. The van der Waals surface area contributed by atoms with Crippen molar-refractivity contribution in [2.24, 2.45) is 11.8 Å². The lowest BCUT2D eigenvalue weighted by Crippen LogP contribution is -2.31. The average Bonchev–Trinajstić information content (AvgIpc) is 2.86. The minimum Gasteiger partial charge on any atom is -0.292 e. The standard InChI is InChI=1S/C14H19F3N2O/c1-2-9-19-12(7-8-18-19)13(20)10-3-5-11(6-4-10)14(15,16)17/h7-8,10-11H,2-6,9H2,1H3. The number of aryl methyl sites for hydroxylation is 1. The maximum atomic E-state index is 12.6. The van der Waals surface area contributed by atoms with Crippen LogP contribution in [0.3, 0.4) is 0 Å². The molecule has 1 fully saturated rings. The summed E-state index contributed by atoms with van der Waals surface area (Å²) >= 11 is 0. The van der Waals surface area contributed by atoms with E-state index in [9.17, 15) is 18.0 Å². The SMILES string of the molecule is CCCn1nccc1C(=O)C1CCC(C(F)(F)F)CC1. The van der Waals surface area contributed by atoms with Gasteiger partial charge in [0.15, 0.2) is 5.78 Å². The van der Waals surface area contributed by atoms with E-state index in [0.29, 0.717) is 25.1 Å². The zero-order chi connectivity index (χ0) is 14.8. The van der Waals surface area contributed by atoms with Crippen LogP contribution in [0.15, 0.2) is 12.3 Å². The van der Waals surface area contributed by atoms with Crippen LogP contribution in [-0.2, 0) is 6.54 Å². The van der Waals surface area contributed by atoms with Gasteiger partial charge in [0.25, 0.3) is 0 Å². The summed E-state index contributed by atoms with van der Waals surface area (Å²) in [4.78, 5) is 12.4. The molecule has 1 saturated carbocycles. The van der Waals surface area contributed by atoms with Gasteiger partial charge in [0.05, 0.1) is 5.92 Å². The predicted molar refractivity (Wildman–Crippen MR) is 68.4 cm³/mol. The van der Waals surface area contributed by atoms with Crippen molar-refractivity contribution in [1.82, 2.24) is 9.78 Å². The van der Waals surface area contributed by atoms with Gasteiger partial charge in [0.2, 0.25) is 0 Å². The summed E-state index contributed by atoms with van der Waals surface area (Å²) in [6, 6.07) is 1.66. The fourth-order valence-corrected chi connectivity index (χ4v) is 2.82. The van der Waals surface area contributed by atoms with Gasteiger partial charge in [-0.1, -0.05) is 6.92 Å². The molecule has 1 aromatic rings. The fourth-order valence-electron chi connectivity index (χ4n) is 2.82. The van der Waals surface area contributed by atoms with E-state index in [2.05, 4.69) is 5.10 Å². The third-order valence-corrected chi connectivity index (χ3v) is 3.97. The van der Waals surface area contributed by atoms with Crippen LogP contribution >= 0.6 is 0 Å². The Morgan fingerprint density at radius 2 is 2.00 bits per heavy atom. The molecule has 0 aromatic carbocycles. The number of Topliss-reactive ketones (excluding diaryl/α,β-unsaturated/α-hetero) is 1. The average molecular weight is 288 g/mol. The van der Waals surface area contributed by atoms with Crippen LogP contribution in [0.2, 0.25) is 0 Å². The van der Waals surface area contributed by atoms with Gasteiger partial charge in [-0.3, -0.25) is 9.48 Å². The van der Waals surface area contributed by atoms with E-state index in [1.165, 1.54) is 0 Å². The molecule has 0 amide bonds. The van der Waals surface area contributed by atoms with Crippen molar-refractivity contribution in [2.75, 3.05) is 0 Å². The molecule has 1 heterocycles. The molecule has 1 aromatic heterocycles. The molecule has 0 saturated heterocycles. The van der Waals surface area contributed by atoms with Crippen LogP contribution in [0, 0.1) is 11.8 Å². The van der Waals surface area contributed by atoms with Crippen molar-refractivity contribution in [3.8, 4) is 0 Å². The summed E-state index contributed by atoms with van der Waals surface area (Å²) in [5.74, 6) is -1.59. The summed E-state index contributed by atoms with van der Waals surface area (Å²) in [6.07, 6.45) is -0.935. The van der Waals surface area contributed by atoms with E-state index in [0.717, 1.165) is 6.42 Å². The number of halogens is 3. The number of carbonyl (C=O) groups excluding carboxylic acids is 1. The van der Waals surface area contributed by atoms with Gasteiger partial charge in [-0.2, -0.15) is 18.3 Å². The largest absolute Gasteiger partial charge is 0.391 e. The third-order valence-electron chi connectivity index (χ3n) is 3.97. The smallest absolute Gasteiger partial charge is 0.292 e. The Hall–Kier alpha value is -1.33. The van der Waals surface area contributed by atoms with Gasteiger partial charge < -0.3 is 0 Å². The first kappa shape index (κ1) is 15.1. The van der Waals surface area contributed by atoms with E-state index in [-0.39, 0.29) is 24.5 Å². The second-order valence-electron chi connectivity index (χ2n) is 5.39. The van der Waals surface area contributed by atoms with Gasteiger partial charge in [-0.05, 0) is 38.2 Å². The van der Waals surface area contributed by atoms with Crippen LogP contribution in [0.5, 0.6) is 0 Å². The summed E-state index contributed by atoms with van der Waals surface area (Å²) in [7, 11) is 0. The number of nitrogens with zero attached hydrogens (tertiary/aromatic N) is 2. The summed E-state index contributed by atoms with van der Waals surface area (Å²) in [5.41, 5.74) is 0.530. The molecule has 2 rings (SSSR count). The number of alkyl halides is 3. The van der Waals surface area contributed by atoms with E-state index >= 15 is 0 Å². The zero-order valence-electron chi connectivity index (χ0n) is 11.5. The first-order valence-corrected chi connectivity index (χ1v) is 7.06. The molecular formula is C14H19F3N2O. The summed E-state index contributed by atoms with van der Waals surface area (Å²) < 4.78 is 39.5. The van der Waals surface area contributed by atoms with Gasteiger partial charge in [0.1, 0.15) is 5.69 Å². The molecule has 20 heavy (non-hydrogen) atoms. The zero-order valence-corrected chi connectivity index (χ0v) is 11.5. The molecule has 0 atom stereocenters. The van der Waals surface area contributed by atoms with Gasteiger partial charge in [0, 0.05) is 18.7 Å². The fraction of sp³-hybridized carbons (Fsp3) is 0.714. The highest BCUT2D eigenvalue weighted by Crippen LogP contribution is 2.40. The van der Waals surface area contributed by atoms with Crippen molar-refractivity contribution in [3.05, 3.63) is 18.0 Å². The highest BCUT2D eigenvalue weighted by Gasteiger charge is 2.42. The lowest BCUT2D eigenvalue weighted by Gasteiger charge is -2.29. The number of ketones is 1. The number of carbonyl (C=O) groups is 1. The molecule has 0 aliphatic heterocycles. The van der Waals surface area contributed by atoms with Gasteiger partial charge in [-0.25, -0.2) is 0 Å². The minimum atomic E-state index is -4.13. The Morgan fingerprint density at radius 1 is 1.35 bits per heavy atom. The Labute approximate surface area is 116 Å². The first-order chi connectivity index (χ1) is 9.43. The number of rotatable bonds is 4.